The van der Waals surface area contributed by atoms with Crippen molar-refractivity contribution in [3.8, 4) is 35.3 Å². The SMILES string of the molecule is N#Cc1ccc2c(c1)c1ccc(Oc3cc4c(cc3C#N)c3ccccc3n4-c3ccccn3)cc1n2-c1ccccn1. The van der Waals surface area contributed by atoms with E-state index in [9.17, 15) is 10.5 Å². The third-order valence-corrected chi connectivity index (χ3v) is 7.75. The number of hydrogen-bond donors (Lipinski definition) is 0. The second-order valence-electron chi connectivity index (χ2n) is 10.2. The van der Waals surface area contributed by atoms with Gasteiger partial charge in [0.15, 0.2) is 0 Å². The Hall–Kier alpha value is -6.44. The number of benzene rings is 4. The normalized spacial score (nSPS) is 11.2. The van der Waals surface area contributed by atoms with Gasteiger partial charge in [0.05, 0.1) is 39.3 Å². The summed E-state index contributed by atoms with van der Waals surface area (Å²) in [6.07, 6.45) is 3.53. The summed E-state index contributed by atoms with van der Waals surface area (Å²) in [6.45, 7) is 0. The van der Waals surface area contributed by atoms with Crippen LogP contribution in [0.5, 0.6) is 11.5 Å². The largest absolute Gasteiger partial charge is 0.456 e. The van der Waals surface area contributed by atoms with E-state index in [0.717, 1.165) is 55.2 Å². The van der Waals surface area contributed by atoms with E-state index in [4.69, 9.17) is 4.74 Å². The maximum absolute atomic E-state index is 10.2. The van der Waals surface area contributed by atoms with Crippen molar-refractivity contribution in [1.82, 2.24) is 19.1 Å². The molecule has 200 valence electrons. The summed E-state index contributed by atoms with van der Waals surface area (Å²) in [5.74, 6) is 2.55. The molecule has 8 aromatic rings. The molecule has 4 aromatic heterocycles. The van der Waals surface area contributed by atoms with Gasteiger partial charge in [-0.2, -0.15) is 10.5 Å². The van der Waals surface area contributed by atoms with Gasteiger partial charge in [0.2, 0.25) is 0 Å². The quantitative estimate of drug-likeness (QED) is 0.219. The number of fused-ring (bicyclic) bond motifs is 6. The van der Waals surface area contributed by atoms with Gasteiger partial charge in [-0.3, -0.25) is 9.13 Å². The maximum atomic E-state index is 10.2. The Bertz CT molecular complexity index is 2440. The summed E-state index contributed by atoms with van der Waals surface area (Å²) in [7, 11) is 0. The smallest absolute Gasteiger partial charge is 0.147 e. The van der Waals surface area contributed by atoms with Gasteiger partial charge in [-0.15, -0.1) is 0 Å². The van der Waals surface area contributed by atoms with Gasteiger partial charge in [0, 0.05) is 46.1 Å². The number of nitriles is 2. The molecule has 8 rings (SSSR count). The van der Waals surface area contributed by atoms with Crippen LogP contribution in [0.15, 0.2) is 122 Å². The zero-order chi connectivity index (χ0) is 28.9. The van der Waals surface area contributed by atoms with E-state index in [0.29, 0.717) is 22.6 Å². The topological polar surface area (TPSA) is 92.5 Å². The molecule has 7 heteroatoms. The van der Waals surface area contributed by atoms with Crippen LogP contribution in [0.3, 0.4) is 0 Å². The average Bonchev–Trinajstić information content (AvgIpc) is 3.56. The van der Waals surface area contributed by atoms with Crippen LogP contribution in [0, 0.1) is 22.7 Å². The van der Waals surface area contributed by atoms with Gasteiger partial charge in [-0.05, 0) is 66.7 Å². The predicted molar refractivity (Wildman–Crippen MR) is 167 cm³/mol. The molecule has 0 atom stereocenters. The molecule has 43 heavy (non-hydrogen) atoms. The average molecular weight is 553 g/mol. The summed E-state index contributed by atoms with van der Waals surface area (Å²) in [6, 6.07) is 39.6. The van der Waals surface area contributed by atoms with Gasteiger partial charge < -0.3 is 4.74 Å². The van der Waals surface area contributed by atoms with Crippen LogP contribution in [-0.2, 0) is 0 Å². The highest BCUT2D eigenvalue weighted by Gasteiger charge is 2.19. The molecule has 0 spiro atoms. The molecule has 0 N–H and O–H groups in total. The fraction of sp³-hybridized carbons (Fsp3) is 0. The molecule has 0 amide bonds. The first kappa shape index (κ1) is 24.4. The van der Waals surface area contributed by atoms with Crippen molar-refractivity contribution in [1.29, 1.82) is 10.5 Å². The Balaban J connectivity index is 1.34. The molecule has 0 saturated carbocycles. The molecule has 0 saturated heterocycles. The Morgan fingerprint density at radius 3 is 1.88 bits per heavy atom. The molecule has 0 fully saturated rings. The van der Waals surface area contributed by atoms with Crippen LogP contribution < -0.4 is 4.74 Å². The molecule has 0 bridgehead atoms. The summed E-state index contributed by atoms with van der Waals surface area (Å²) in [4.78, 5) is 9.22. The minimum atomic E-state index is 0.431. The Labute approximate surface area is 245 Å². The number of ether oxygens (including phenoxy) is 1. The second kappa shape index (κ2) is 9.59. The summed E-state index contributed by atoms with van der Waals surface area (Å²) in [5, 5.41) is 23.6. The van der Waals surface area contributed by atoms with E-state index in [1.807, 2.05) is 97.1 Å². The summed E-state index contributed by atoms with van der Waals surface area (Å²) >= 11 is 0. The van der Waals surface area contributed by atoms with Gasteiger partial charge in [0.1, 0.15) is 29.2 Å². The minimum Gasteiger partial charge on any atom is -0.456 e. The van der Waals surface area contributed by atoms with Crippen LogP contribution in [0.2, 0.25) is 0 Å². The molecule has 4 aromatic carbocycles. The number of rotatable bonds is 4. The summed E-state index contributed by atoms with van der Waals surface area (Å²) in [5.41, 5.74) is 4.72. The molecular formula is C36H20N6O. The highest BCUT2D eigenvalue weighted by molar-refractivity contribution is 6.11. The second-order valence-corrected chi connectivity index (χ2v) is 10.2. The standard InChI is InChI=1S/C36H20N6O/c37-21-23-11-14-31-28(17-23)27-13-12-25(19-32(27)42(31)36-10-4-6-16-40-36)43-34-20-33-29(18-24(34)22-38)26-7-1-2-8-30(26)41(33)35-9-3-5-15-39-35/h1-20H. The van der Waals surface area contributed by atoms with Crippen molar-refractivity contribution in [3.05, 3.63) is 133 Å². The highest BCUT2D eigenvalue weighted by Crippen LogP contribution is 2.39. The number of para-hydroxylation sites is 1. The Morgan fingerprint density at radius 2 is 1.19 bits per heavy atom. The highest BCUT2D eigenvalue weighted by atomic mass is 16.5. The molecule has 0 aliphatic rings. The van der Waals surface area contributed by atoms with Crippen molar-refractivity contribution in [2.75, 3.05) is 0 Å². The Kier molecular flexibility index (Phi) is 5.43. The van der Waals surface area contributed by atoms with E-state index in [1.54, 1.807) is 12.4 Å². The monoisotopic (exact) mass is 552 g/mol. The van der Waals surface area contributed by atoms with Gasteiger partial charge in [0.25, 0.3) is 0 Å². The van der Waals surface area contributed by atoms with Crippen molar-refractivity contribution in [2.45, 2.75) is 0 Å². The first-order valence-electron chi connectivity index (χ1n) is 13.7. The lowest BCUT2D eigenvalue weighted by atomic mass is 10.1. The molecule has 4 heterocycles. The van der Waals surface area contributed by atoms with Crippen molar-refractivity contribution in [2.24, 2.45) is 0 Å². The molecule has 0 radical (unpaired) electrons. The van der Waals surface area contributed by atoms with Gasteiger partial charge in [-0.1, -0.05) is 30.3 Å². The van der Waals surface area contributed by atoms with E-state index in [-0.39, 0.29) is 0 Å². The van der Waals surface area contributed by atoms with Crippen molar-refractivity contribution < 1.29 is 4.74 Å². The fourth-order valence-electron chi connectivity index (χ4n) is 5.89. The zero-order valence-corrected chi connectivity index (χ0v) is 22.6. The Morgan fingerprint density at radius 1 is 0.535 bits per heavy atom. The first-order valence-corrected chi connectivity index (χ1v) is 13.7. The molecule has 0 aliphatic carbocycles. The van der Waals surface area contributed by atoms with Gasteiger partial charge >= 0.3 is 0 Å². The van der Waals surface area contributed by atoms with Crippen LogP contribution in [-0.4, -0.2) is 19.1 Å². The number of aromatic nitrogens is 4. The number of pyridine rings is 2. The molecular weight excluding hydrogens is 532 g/mol. The fourth-order valence-corrected chi connectivity index (χ4v) is 5.89. The third kappa shape index (κ3) is 3.81. The van der Waals surface area contributed by atoms with Gasteiger partial charge in [-0.25, -0.2) is 9.97 Å². The van der Waals surface area contributed by atoms with E-state index < -0.39 is 0 Å². The van der Waals surface area contributed by atoms with Crippen molar-refractivity contribution in [3.63, 3.8) is 0 Å². The van der Waals surface area contributed by atoms with Crippen molar-refractivity contribution >= 4 is 43.6 Å². The minimum absolute atomic E-state index is 0.431. The van der Waals surface area contributed by atoms with E-state index in [2.05, 4.69) is 43.4 Å². The van der Waals surface area contributed by atoms with Crippen LogP contribution >= 0.6 is 0 Å². The number of nitrogens with zero attached hydrogens (tertiary/aromatic N) is 6. The molecule has 0 aliphatic heterocycles. The van der Waals surface area contributed by atoms with Crippen LogP contribution in [0.4, 0.5) is 0 Å². The van der Waals surface area contributed by atoms with E-state index in [1.165, 1.54) is 0 Å². The predicted octanol–water partition coefficient (Wildman–Crippen LogP) is 8.21. The number of hydrogen-bond acceptors (Lipinski definition) is 5. The lowest BCUT2D eigenvalue weighted by Gasteiger charge is -2.11. The third-order valence-electron chi connectivity index (χ3n) is 7.75. The van der Waals surface area contributed by atoms with Crippen LogP contribution in [0.1, 0.15) is 11.1 Å². The maximum Gasteiger partial charge on any atom is 0.147 e. The summed E-state index contributed by atoms with van der Waals surface area (Å²) < 4.78 is 10.6. The van der Waals surface area contributed by atoms with E-state index >= 15 is 0 Å². The lowest BCUT2D eigenvalue weighted by molar-refractivity contribution is 0.482. The first-order chi connectivity index (χ1) is 21.2. The van der Waals surface area contributed by atoms with Crippen LogP contribution in [0.25, 0.3) is 55.2 Å². The molecule has 0 unspecified atom stereocenters. The zero-order valence-electron chi connectivity index (χ0n) is 22.6. The molecule has 7 nitrogen and oxygen atoms in total. The lowest BCUT2D eigenvalue weighted by Crippen LogP contribution is -1.98.